The molecule has 0 atom stereocenters. The molecule has 3 aliphatic carbocycles. The van der Waals surface area contributed by atoms with Crippen molar-refractivity contribution in [3.05, 3.63) is 0 Å². The molecule has 9 heavy (non-hydrogen) atoms. The number of nitrogens with two attached hydrogens (primary N) is 1. The summed E-state index contributed by atoms with van der Waals surface area (Å²) in [6, 6.07) is 2.29. The predicted molar refractivity (Wildman–Crippen MR) is 36.1 cm³/mol. The summed E-state index contributed by atoms with van der Waals surface area (Å²) in [4.78, 5) is 0. The molecule has 0 aromatic heterocycles. The van der Waals surface area contributed by atoms with Crippen LogP contribution in [0.4, 0.5) is 0 Å². The lowest BCUT2D eigenvalue weighted by Crippen LogP contribution is -2.71. The molecule has 0 amide bonds. The Hall–Kier alpha value is -0.260. The zero-order chi connectivity index (χ0) is 5.83. The van der Waals surface area contributed by atoms with Gasteiger partial charge >= 0.3 is 0 Å². The van der Waals surface area contributed by atoms with Crippen LogP contribution in [0.2, 0.25) is 0 Å². The maximum Gasteiger partial charge on any atom is 0.0691 e. The van der Waals surface area contributed by atoms with E-state index < -0.39 is 0 Å². The van der Waals surface area contributed by atoms with Crippen LogP contribution < -0.4 is 5.73 Å². The van der Waals surface area contributed by atoms with Crippen LogP contribution in [0.15, 0.2) is 0 Å². The monoisotopic (exact) mass is 144 g/mol. The Kier molecular flexibility index (Phi) is 1.08. The van der Waals surface area contributed by atoms with Crippen LogP contribution >= 0.6 is 12.4 Å². The number of rotatable bonds is 0. The number of nitriles is 1. The Morgan fingerprint density at radius 2 is 1.78 bits per heavy atom. The lowest BCUT2D eigenvalue weighted by atomic mass is 9.40. The lowest BCUT2D eigenvalue weighted by Gasteiger charge is -2.65. The average Bonchev–Trinajstić information content (AvgIpc) is 1.55. The fourth-order valence-corrected chi connectivity index (χ4v) is 1.99. The minimum atomic E-state index is 0. The van der Waals surface area contributed by atoms with Crippen LogP contribution in [0, 0.1) is 16.7 Å². The second kappa shape index (κ2) is 1.42. The third-order valence-corrected chi connectivity index (χ3v) is 2.31. The molecule has 2 bridgehead atoms. The standard InChI is InChI=1S/C6H8N2.ClH/c7-4-5-1-6(8,2-5)3-5;/h1-3,8H2;1H. The number of halogens is 1. The van der Waals surface area contributed by atoms with Crippen LogP contribution in [-0.4, -0.2) is 5.54 Å². The predicted octanol–water partition coefficient (Wildman–Crippen LogP) is 0.813. The number of hydrogen-bond acceptors (Lipinski definition) is 2. The maximum atomic E-state index is 8.49. The van der Waals surface area contributed by atoms with Crippen molar-refractivity contribution in [2.45, 2.75) is 24.8 Å². The zero-order valence-electron chi connectivity index (χ0n) is 5.05. The van der Waals surface area contributed by atoms with Crippen molar-refractivity contribution in [2.24, 2.45) is 11.1 Å². The van der Waals surface area contributed by atoms with Crippen molar-refractivity contribution >= 4 is 12.4 Å². The van der Waals surface area contributed by atoms with Crippen LogP contribution in [0.5, 0.6) is 0 Å². The van der Waals surface area contributed by atoms with E-state index in [0.717, 1.165) is 19.3 Å². The quantitative estimate of drug-likeness (QED) is 0.547. The van der Waals surface area contributed by atoms with E-state index in [-0.39, 0.29) is 23.4 Å². The zero-order valence-corrected chi connectivity index (χ0v) is 5.87. The summed E-state index contributed by atoms with van der Waals surface area (Å²) in [6.45, 7) is 0. The highest BCUT2D eigenvalue weighted by Gasteiger charge is 2.66. The van der Waals surface area contributed by atoms with Gasteiger partial charge in [-0.2, -0.15) is 5.26 Å². The Balaban J connectivity index is 0.000000405. The van der Waals surface area contributed by atoms with Crippen LogP contribution in [0.3, 0.4) is 0 Å². The first kappa shape index (κ1) is 6.85. The average molecular weight is 145 g/mol. The van der Waals surface area contributed by atoms with Gasteiger partial charge in [-0.05, 0) is 19.3 Å². The van der Waals surface area contributed by atoms with E-state index in [0.29, 0.717) is 0 Å². The molecule has 3 fully saturated rings. The van der Waals surface area contributed by atoms with Gasteiger partial charge in [0.15, 0.2) is 0 Å². The minimum Gasteiger partial charge on any atom is -0.325 e. The Bertz CT molecular complexity index is 162. The fourth-order valence-electron chi connectivity index (χ4n) is 1.99. The molecule has 3 aliphatic rings. The smallest absolute Gasteiger partial charge is 0.0691 e. The van der Waals surface area contributed by atoms with Gasteiger partial charge in [0.1, 0.15) is 0 Å². The Morgan fingerprint density at radius 1 is 1.33 bits per heavy atom. The molecule has 0 unspecified atom stereocenters. The highest BCUT2D eigenvalue weighted by molar-refractivity contribution is 5.85. The summed E-state index contributed by atoms with van der Waals surface area (Å²) in [5.74, 6) is 0. The van der Waals surface area contributed by atoms with Gasteiger partial charge in [0.05, 0.1) is 11.5 Å². The molecule has 0 aliphatic heterocycles. The van der Waals surface area contributed by atoms with Crippen molar-refractivity contribution in [1.29, 1.82) is 5.26 Å². The summed E-state index contributed by atoms with van der Waals surface area (Å²) in [5, 5.41) is 8.49. The minimum absolute atomic E-state index is 0. The summed E-state index contributed by atoms with van der Waals surface area (Å²) >= 11 is 0. The van der Waals surface area contributed by atoms with Gasteiger partial charge in [-0.25, -0.2) is 0 Å². The third-order valence-electron chi connectivity index (χ3n) is 2.31. The molecule has 50 valence electrons. The Labute approximate surface area is 60.4 Å². The van der Waals surface area contributed by atoms with E-state index in [1.54, 1.807) is 0 Å². The molecule has 0 aromatic rings. The first-order valence-corrected chi connectivity index (χ1v) is 2.88. The van der Waals surface area contributed by atoms with Crippen molar-refractivity contribution in [3.8, 4) is 6.07 Å². The molecular formula is C6H9ClN2. The van der Waals surface area contributed by atoms with E-state index in [1.807, 2.05) is 0 Å². The van der Waals surface area contributed by atoms with Crippen molar-refractivity contribution in [2.75, 3.05) is 0 Å². The van der Waals surface area contributed by atoms with Gasteiger partial charge in [0.25, 0.3) is 0 Å². The van der Waals surface area contributed by atoms with Crippen LogP contribution in [-0.2, 0) is 0 Å². The molecule has 3 heteroatoms. The third kappa shape index (κ3) is 0.593. The summed E-state index contributed by atoms with van der Waals surface area (Å²) < 4.78 is 0. The normalized spacial score (nSPS) is 51.6. The first-order chi connectivity index (χ1) is 3.68. The van der Waals surface area contributed by atoms with Gasteiger partial charge < -0.3 is 5.73 Å². The van der Waals surface area contributed by atoms with E-state index in [1.165, 1.54) is 0 Å². The number of nitrogens with zero attached hydrogens (tertiary/aromatic N) is 1. The Morgan fingerprint density at radius 3 is 1.89 bits per heavy atom. The molecule has 0 heterocycles. The highest BCUT2D eigenvalue weighted by Crippen LogP contribution is 2.65. The molecular weight excluding hydrogens is 136 g/mol. The second-order valence-electron chi connectivity index (χ2n) is 3.28. The van der Waals surface area contributed by atoms with Crippen molar-refractivity contribution in [3.63, 3.8) is 0 Å². The van der Waals surface area contributed by atoms with Crippen LogP contribution in [0.25, 0.3) is 0 Å². The first-order valence-electron chi connectivity index (χ1n) is 2.88. The van der Waals surface area contributed by atoms with E-state index in [9.17, 15) is 0 Å². The van der Waals surface area contributed by atoms with Gasteiger partial charge in [-0.1, -0.05) is 0 Å². The SMILES string of the molecule is Cl.N#CC12CC(N)(C1)C2. The maximum absolute atomic E-state index is 8.49. The lowest BCUT2D eigenvalue weighted by molar-refractivity contribution is -0.0824. The summed E-state index contributed by atoms with van der Waals surface area (Å²) in [7, 11) is 0. The molecule has 0 radical (unpaired) electrons. The van der Waals surface area contributed by atoms with Gasteiger partial charge in [0, 0.05) is 5.54 Å². The molecule has 0 aromatic carbocycles. The summed E-state index contributed by atoms with van der Waals surface area (Å²) in [6.07, 6.45) is 2.86. The van der Waals surface area contributed by atoms with E-state index in [2.05, 4.69) is 6.07 Å². The van der Waals surface area contributed by atoms with Gasteiger partial charge in [-0.3, -0.25) is 0 Å². The van der Waals surface area contributed by atoms with Gasteiger partial charge in [0.2, 0.25) is 0 Å². The van der Waals surface area contributed by atoms with Crippen LogP contribution in [0.1, 0.15) is 19.3 Å². The van der Waals surface area contributed by atoms with Gasteiger partial charge in [-0.15, -0.1) is 12.4 Å². The second-order valence-corrected chi connectivity index (χ2v) is 3.28. The molecule has 0 saturated heterocycles. The van der Waals surface area contributed by atoms with E-state index in [4.69, 9.17) is 11.0 Å². The number of hydrogen-bond donors (Lipinski definition) is 1. The molecule has 3 saturated carbocycles. The summed E-state index contributed by atoms with van der Waals surface area (Å²) in [5.41, 5.74) is 5.85. The molecule has 0 spiro atoms. The largest absolute Gasteiger partial charge is 0.325 e. The molecule has 2 nitrogen and oxygen atoms in total. The van der Waals surface area contributed by atoms with E-state index >= 15 is 0 Å². The molecule has 2 N–H and O–H groups in total. The highest BCUT2D eigenvalue weighted by atomic mass is 35.5. The topological polar surface area (TPSA) is 49.8 Å². The van der Waals surface area contributed by atoms with Crippen molar-refractivity contribution in [1.82, 2.24) is 0 Å². The fraction of sp³-hybridized carbons (Fsp3) is 0.833. The van der Waals surface area contributed by atoms with Crippen molar-refractivity contribution < 1.29 is 0 Å². The molecule has 3 rings (SSSR count).